The monoisotopic (exact) mass is 349 g/mol. The SMILES string of the molecule is COc1cc(C)c(NCc2ccc(Br)c(C)c2)cc1OC. The molecule has 4 heteroatoms. The van der Waals surface area contributed by atoms with Crippen molar-refractivity contribution in [3.63, 3.8) is 0 Å². The Morgan fingerprint density at radius 3 is 2.24 bits per heavy atom. The molecule has 0 aliphatic heterocycles. The Morgan fingerprint density at radius 2 is 1.62 bits per heavy atom. The highest BCUT2D eigenvalue weighted by molar-refractivity contribution is 9.10. The molecule has 3 nitrogen and oxygen atoms in total. The smallest absolute Gasteiger partial charge is 0.162 e. The fourth-order valence-corrected chi connectivity index (χ4v) is 2.43. The van der Waals surface area contributed by atoms with Crippen LogP contribution in [0.1, 0.15) is 16.7 Å². The fourth-order valence-electron chi connectivity index (χ4n) is 2.19. The second kappa shape index (κ2) is 6.85. The number of aryl methyl sites for hydroxylation is 2. The molecule has 0 bridgehead atoms. The number of benzene rings is 2. The highest BCUT2D eigenvalue weighted by atomic mass is 79.9. The van der Waals surface area contributed by atoms with Crippen LogP contribution in [-0.4, -0.2) is 14.2 Å². The van der Waals surface area contributed by atoms with Gasteiger partial charge < -0.3 is 14.8 Å². The van der Waals surface area contributed by atoms with Crippen LogP contribution in [0.5, 0.6) is 11.5 Å². The summed E-state index contributed by atoms with van der Waals surface area (Å²) in [5.74, 6) is 1.48. The molecule has 0 saturated heterocycles. The number of methoxy groups -OCH3 is 2. The van der Waals surface area contributed by atoms with Crippen LogP contribution in [0.3, 0.4) is 0 Å². The first kappa shape index (κ1) is 15.7. The molecule has 0 saturated carbocycles. The maximum absolute atomic E-state index is 5.35. The lowest BCUT2D eigenvalue weighted by Gasteiger charge is -2.14. The molecule has 0 unspecified atom stereocenters. The number of anilines is 1. The zero-order valence-electron chi connectivity index (χ0n) is 12.8. The lowest BCUT2D eigenvalue weighted by molar-refractivity contribution is 0.355. The highest BCUT2D eigenvalue weighted by Gasteiger charge is 2.08. The van der Waals surface area contributed by atoms with E-state index in [0.29, 0.717) is 0 Å². The molecule has 0 fully saturated rings. The van der Waals surface area contributed by atoms with E-state index in [2.05, 4.69) is 53.3 Å². The Kier molecular flexibility index (Phi) is 5.12. The number of nitrogens with one attached hydrogen (secondary N) is 1. The van der Waals surface area contributed by atoms with Gasteiger partial charge in [-0.25, -0.2) is 0 Å². The number of ether oxygens (including phenoxy) is 2. The van der Waals surface area contributed by atoms with E-state index in [1.807, 2.05) is 12.1 Å². The molecule has 0 radical (unpaired) electrons. The van der Waals surface area contributed by atoms with E-state index in [1.54, 1.807) is 14.2 Å². The Balaban J connectivity index is 2.17. The van der Waals surface area contributed by atoms with Gasteiger partial charge in [-0.1, -0.05) is 28.1 Å². The lowest BCUT2D eigenvalue weighted by atomic mass is 10.1. The molecule has 0 heterocycles. The van der Waals surface area contributed by atoms with Crippen molar-refractivity contribution in [1.82, 2.24) is 0 Å². The third-order valence-corrected chi connectivity index (χ3v) is 4.33. The van der Waals surface area contributed by atoms with Crippen LogP contribution in [0.4, 0.5) is 5.69 Å². The van der Waals surface area contributed by atoms with E-state index < -0.39 is 0 Å². The molecule has 0 aliphatic carbocycles. The zero-order valence-corrected chi connectivity index (χ0v) is 14.4. The third kappa shape index (κ3) is 3.70. The predicted molar refractivity (Wildman–Crippen MR) is 90.5 cm³/mol. The van der Waals surface area contributed by atoms with Crippen LogP contribution >= 0.6 is 15.9 Å². The minimum absolute atomic E-state index is 0.734. The molecule has 21 heavy (non-hydrogen) atoms. The second-order valence-corrected chi connectivity index (χ2v) is 5.81. The van der Waals surface area contributed by atoms with Gasteiger partial charge >= 0.3 is 0 Å². The van der Waals surface area contributed by atoms with Gasteiger partial charge in [0.05, 0.1) is 14.2 Å². The first-order valence-electron chi connectivity index (χ1n) is 6.76. The number of halogens is 1. The first-order chi connectivity index (χ1) is 10.0. The molecule has 0 spiro atoms. The summed E-state index contributed by atoms with van der Waals surface area (Å²) in [5, 5.41) is 3.45. The Morgan fingerprint density at radius 1 is 0.952 bits per heavy atom. The topological polar surface area (TPSA) is 30.5 Å². The van der Waals surface area contributed by atoms with Crippen LogP contribution < -0.4 is 14.8 Å². The summed E-state index contributed by atoms with van der Waals surface area (Å²) in [6.45, 7) is 4.91. The van der Waals surface area contributed by atoms with Gasteiger partial charge in [0.15, 0.2) is 11.5 Å². The number of hydrogen-bond donors (Lipinski definition) is 1. The summed E-state index contributed by atoms with van der Waals surface area (Å²) in [7, 11) is 3.30. The van der Waals surface area contributed by atoms with Gasteiger partial charge in [0.2, 0.25) is 0 Å². The van der Waals surface area contributed by atoms with Crippen molar-refractivity contribution in [3.8, 4) is 11.5 Å². The molecule has 112 valence electrons. The Labute approximate surface area is 134 Å². The van der Waals surface area contributed by atoms with Crippen molar-refractivity contribution in [2.24, 2.45) is 0 Å². The summed E-state index contributed by atoms with van der Waals surface area (Å²) in [4.78, 5) is 0. The molecule has 1 N–H and O–H groups in total. The highest BCUT2D eigenvalue weighted by Crippen LogP contribution is 2.33. The van der Waals surface area contributed by atoms with Crippen molar-refractivity contribution < 1.29 is 9.47 Å². The van der Waals surface area contributed by atoms with E-state index in [9.17, 15) is 0 Å². The van der Waals surface area contributed by atoms with Crippen molar-refractivity contribution in [2.45, 2.75) is 20.4 Å². The molecule has 2 aromatic carbocycles. The Bertz CT molecular complexity index is 641. The largest absolute Gasteiger partial charge is 0.493 e. The summed E-state index contributed by atoms with van der Waals surface area (Å²) in [6.07, 6.45) is 0. The van der Waals surface area contributed by atoms with Crippen LogP contribution in [-0.2, 0) is 6.54 Å². The van der Waals surface area contributed by atoms with Crippen molar-refractivity contribution in [1.29, 1.82) is 0 Å². The van der Waals surface area contributed by atoms with Gasteiger partial charge in [-0.2, -0.15) is 0 Å². The fraction of sp³-hybridized carbons (Fsp3) is 0.294. The van der Waals surface area contributed by atoms with Crippen molar-refractivity contribution in [3.05, 3.63) is 51.5 Å². The normalized spacial score (nSPS) is 10.3. The molecule has 2 rings (SSSR count). The maximum atomic E-state index is 5.35. The van der Waals surface area contributed by atoms with Crippen molar-refractivity contribution in [2.75, 3.05) is 19.5 Å². The average Bonchev–Trinajstić information content (AvgIpc) is 2.49. The summed E-state index contributed by atoms with van der Waals surface area (Å²) in [6, 6.07) is 10.3. The van der Waals surface area contributed by atoms with Crippen molar-refractivity contribution >= 4 is 21.6 Å². The van der Waals surface area contributed by atoms with Crippen LogP contribution in [0.15, 0.2) is 34.8 Å². The van der Waals surface area contributed by atoms with E-state index in [4.69, 9.17) is 9.47 Å². The van der Waals surface area contributed by atoms with Gasteiger partial charge in [-0.3, -0.25) is 0 Å². The van der Waals surface area contributed by atoms with Crippen LogP contribution in [0, 0.1) is 13.8 Å². The first-order valence-corrected chi connectivity index (χ1v) is 7.56. The lowest BCUT2D eigenvalue weighted by Crippen LogP contribution is -2.02. The molecule has 0 amide bonds. The van der Waals surface area contributed by atoms with Crippen LogP contribution in [0.2, 0.25) is 0 Å². The predicted octanol–water partition coefficient (Wildman–Crippen LogP) is 4.70. The van der Waals surface area contributed by atoms with Crippen LogP contribution in [0.25, 0.3) is 0 Å². The van der Waals surface area contributed by atoms with Gasteiger partial charge in [-0.05, 0) is 42.7 Å². The average molecular weight is 350 g/mol. The second-order valence-electron chi connectivity index (χ2n) is 4.96. The van der Waals surface area contributed by atoms with E-state index in [1.165, 1.54) is 11.1 Å². The van der Waals surface area contributed by atoms with E-state index in [-0.39, 0.29) is 0 Å². The molecule has 0 aliphatic rings. The van der Waals surface area contributed by atoms with E-state index >= 15 is 0 Å². The molecular weight excluding hydrogens is 330 g/mol. The van der Waals surface area contributed by atoms with Gasteiger partial charge in [0, 0.05) is 22.8 Å². The minimum Gasteiger partial charge on any atom is -0.493 e. The van der Waals surface area contributed by atoms with Gasteiger partial charge in [-0.15, -0.1) is 0 Å². The summed E-state index contributed by atoms with van der Waals surface area (Å²) >= 11 is 3.52. The maximum Gasteiger partial charge on any atom is 0.162 e. The minimum atomic E-state index is 0.734. The summed E-state index contributed by atoms with van der Waals surface area (Å²) < 4.78 is 11.8. The van der Waals surface area contributed by atoms with Gasteiger partial charge in [0.25, 0.3) is 0 Å². The number of hydrogen-bond acceptors (Lipinski definition) is 3. The van der Waals surface area contributed by atoms with E-state index in [0.717, 1.165) is 33.8 Å². The number of rotatable bonds is 5. The quantitative estimate of drug-likeness (QED) is 0.848. The third-order valence-electron chi connectivity index (χ3n) is 3.44. The Hall–Kier alpha value is -1.68. The molecule has 0 aromatic heterocycles. The standard InChI is InChI=1S/C17H20BrNO2/c1-11-7-13(5-6-14(11)18)10-19-15-9-17(21-4)16(20-3)8-12(15)2/h5-9,19H,10H2,1-4H3. The molecule has 0 atom stereocenters. The van der Waals surface area contributed by atoms with Gasteiger partial charge in [0.1, 0.15) is 0 Å². The molecular formula is C17H20BrNO2. The zero-order chi connectivity index (χ0) is 15.4. The molecule has 2 aromatic rings. The summed E-state index contributed by atoms with van der Waals surface area (Å²) in [5.41, 5.74) is 4.65.